The second-order valence-corrected chi connectivity index (χ2v) is 6.11. The van der Waals surface area contributed by atoms with E-state index in [0.29, 0.717) is 18.5 Å². The van der Waals surface area contributed by atoms with Gasteiger partial charge in [0.25, 0.3) is 0 Å². The lowest BCUT2D eigenvalue weighted by molar-refractivity contribution is 0.00430. The Balaban J connectivity index is 2.10. The Morgan fingerprint density at radius 3 is 2.79 bits per heavy atom. The second kappa shape index (κ2) is 5.73. The maximum absolute atomic E-state index is 13.2. The lowest BCUT2D eigenvalue weighted by Gasteiger charge is -2.22. The number of nitrogens with one attached hydrogen (secondary N) is 1. The van der Waals surface area contributed by atoms with Crippen LogP contribution in [0.4, 0.5) is 14.5 Å². The summed E-state index contributed by atoms with van der Waals surface area (Å²) in [5, 5.41) is 0. The third-order valence-corrected chi connectivity index (χ3v) is 4.19. The molecule has 0 radical (unpaired) electrons. The minimum Gasteiger partial charge on any atom is -0.398 e. The van der Waals surface area contributed by atoms with Crippen LogP contribution in [0.5, 0.6) is 0 Å². The van der Waals surface area contributed by atoms with Gasteiger partial charge in [-0.25, -0.2) is 8.78 Å². The molecule has 1 saturated carbocycles. The van der Waals surface area contributed by atoms with Gasteiger partial charge in [0, 0.05) is 29.0 Å². The molecule has 1 aliphatic rings. The fourth-order valence-corrected chi connectivity index (χ4v) is 3.09. The van der Waals surface area contributed by atoms with Gasteiger partial charge in [-0.05, 0) is 42.5 Å². The zero-order chi connectivity index (χ0) is 14.0. The molecule has 1 aromatic carbocycles. The van der Waals surface area contributed by atoms with Gasteiger partial charge in [-0.15, -0.1) is 0 Å². The first-order valence-electron chi connectivity index (χ1n) is 6.30. The van der Waals surface area contributed by atoms with Gasteiger partial charge in [-0.2, -0.15) is 0 Å². The summed E-state index contributed by atoms with van der Waals surface area (Å²) in [7, 11) is 0. The standard InChI is InChI=1S/C13H18BrF2N3/c14-9-1-2-11(17)10(6-9)12(19-18)5-8-3-4-13(15,16)7-8/h1-2,6,8,12,19H,3-5,7,17-18H2. The number of halogens is 3. The van der Waals surface area contributed by atoms with Gasteiger partial charge in [0.2, 0.25) is 5.92 Å². The van der Waals surface area contributed by atoms with Crippen LogP contribution < -0.4 is 17.0 Å². The maximum Gasteiger partial charge on any atom is 0.248 e. The molecular weight excluding hydrogens is 316 g/mol. The highest BCUT2D eigenvalue weighted by molar-refractivity contribution is 9.10. The van der Waals surface area contributed by atoms with E-state index in [1.165, 1.54) is 0 Å². The molecule has 2 unspecified atom stereocenters. The summed E-state index contributed by atoms with van der Waals surface area (Å²) in [4.78, 5) is 0. The number of nitrogens with two attached hydrogens (primary N) is 2. The number of benzene rings is 1. The van der Waals surface area contributed by atoms with Crippen LogP contribution in [0.3, 0.4) is 0 Å². The molecule has 6 heteroatoms. The second-order valence-electron chi connectivity index (χ2n) is 5.19. The number of hydrogen-bond donors (Lipinski definition) is 3. The minimum atomic E-state index is -2.52. The van der Waals surface area contributed by atoms with Gasteiger partial charge >= 0.3 is 0 Å². The van der Waals surface area contributed by atoms with Crippen molar-refractivity contribution in [3.63, 3.8) is 0 Å². The summed E-state index contributed by atoms with van der Waals surface area (Å²) in [6, 6.07) is 5.31. The molecule has 19 heavy (non-hydrogen) atoms. The molecule has 0 amide bonds. The number of rotatable bonds is 4. The van der Waals surface area contributed by atoms with E-state index < -0.39 is 5.92 Å². The summed E-state index contributed by atoms with van der Waals surface area (Å²) >= 11 is 3.38. The predicted molar refractivity (Wildman–Crippen MR) is 75.5 cm³/mol. The molecule has 0 aromatic heterocycles. The summed E-state index contributed by atoms with van der Waals surface area (Å²) in [5.74, 6) is 3.02. The van der Waals surface area contributed by atoms with Crippen LogP contribution in [0.1, 0.15) is 37.3 Å². The Kier molecular flexibility index (Phi) is 4.43. The molecule has 0 saturated heterocycles. The van der Waals surface area contributed by atoms with Crippen LogP contribution in [-0.4, -0.2) is 5.92 Å². The highest BCUT2D eigenvalue weighted by Gasteiger charge is 2.40. The van der Waals surface area contributed by atoms with Gasteiger partial charge in [-0.1, -0.05) is 15.9 Å². The molecular formula is C13H18BrF2N3. The van der Waals surface area contributed by atoms with Crippen LogP contribution in [0.15, 0.2) is 22.7 Å². The van der Waals surface area contributed by atoms with E-state index >= 15 is 0 Å². The molecule has 0 heterocycles. The first-order chi connectivity index (χ1) is 8.91. The Morgan fingerprint density at radius 2 is 2.21 bits per heavy atom. The van der Waals surface area contributed by atoms with E-state index in [1.54, 1.807) is 6.07 Å². The zero-order valence-corrected chi connectivity index (χ0v) is 12.1. The number of hydrogen-bond acceptors (Lipinski definition) is 3. The molecule has 0 aliphatic heterocycles. The van der Waals surface area contributed by atoms with Crippen LogP contribution in [0.2, 0.25) is 0 Å². The lowest BCUT2D eigenvalue weighted by Crippen LogP contribution is -2.30. The predicted octanol–water partition coefficient (Wildman–Crippen LogP) is 3.36. The molecule has 0 spiro atoms. The topological polar surface area (TPSA) is 64.1 Å². The molecule has 3 nitrogen and oxygen atoms in total. The number of alkyl halides is 2. The largest absolute Gasteiger partial charge is 0.398 e. The van der Waals surface area contributed by atoms with E-state index in [9.17, 15) is 8.78 Å². The van der Waals surface area contributed by atoms with E-state index in [0.717, 1.165) is 10.0 Å². The average Bonchev–Trinajstić information content (AvgIpc) is 2.69. The lowest BCUT2D eigenvalue weighted by atomic mass is 9.93. The summed E-state index contributed by atoms with van der Waals surface area (Å²) in [6.45, 7) is 0. The minimum absolute atomic E-state index is 0.0190. The first-order valence-corrected chi connectivity index (χ1v) is 7.09. The van der Waals surface area contributed by atoms with Gasteiger partial charge in [-0.3, -0.25) is 11.3 Å². The van der Waals surface area contributed by atoms with Crippen molar-refractivity contribution in [1.29, 1.82) is 0 Å². The Labute approximate surface area is 119 Å². The zero-order valence-electron chi connectivity index (χ0n) is 10.5. The smallest absolute Gasteiger partial charge is 0.248 e. The van der Waals surface area contributed by atoms with Gasteiger partial charge < -0.3 is 5.73 Å². The van der Waals surface area contributed by atoms with Crippen LogP contribution in [-0.2, 0) is 0 Å². The molecule has 0 bridgehead atoms. The van der Waals surface area contributed by atoms with Crippen molar-refractivity contribution in [2.75, 3.05) is 5.73 Å². The third-order valence-electron chi connectivity index (χ3n) is 3.70. The fraction of sp³-hybridized carbons (Fsp3) is 0.538. The molecule has 2 rings (SSSR count). The van der Waals surface area contributed by atoms with Gasteiger partial charge in [0.1, 0.15) is 0 Å². The SMILES string of the molecule is NNC(CC1CCC(F)(F)C1)c1cc(Br)ccc1N. The molecule has 2 atom stereocenters. The van der Waals surface area contributed by atoms with Crippen molar-refractivity contribution in [2.24, 2.45) is 11.8 Å². The molecule has 1 aliphatic carbocycles. The number of anilines is 1. The fourth-order valence-electron chi connectivity index (χ4n) is 2.71. The highest BCUT2D eigenvalue weighted by Crippen LogP contribution is 2.43. The van der Waals surface area contributed by atoms with E-state index in [-0.39, 0.29) is 24.8 Å². The normalized spacial score (nSPS) is 23.5. The van der Waals surface area contributed by atoms with Crippen molar-refractivity contribution in [1.82, 2.24) is 5.43 Å². The Hall–Kier alpha value is -0.720. The number of nitrogen functional groups attached to an aromatic ring is 1. The van der Waals surface area contributed by atoms with Crippen molar-refractivity contribution in [3.8, 4) is 0 Å². The Bertz CT molecular complexity index is 454. The Morgan fingerprint density at radius 1 is 1.47 bits per heavy atom. The maximum atomic E-state index is 13.2. The van der Waals surface area contributed by atoms with Crippen LogP contribution in [0.25, 0.3) is 0 Å². The molecule has 5 N–H and O–H groups in total. The number of hydrazine groups is 1. The quantitative estimate of drug-likeness (QED) is 0.449. The van der Waals surface area contributed by atoms with E-state index in [4.69, 9.17) is 11.6 Å². The molecule has 1 aromatic rings. The van der Waals surface area contributed by atoms with Crippen molar-refractivity contribution >= 4 is 21.6 Å². The first kappa shape index (κ1) is 14.7. The summed E-state index contributed by atoms with van der Waals surface area (Å²) < 4.78 is 27.3. The van der Waals surface area contributed by atoms with Crippen LogP contribution in [0, 0.1) is 5.92 Å². The van der Waals surface area contributed by atoms with Gasteiger partial charge in [0.05, 0.1) is 0 Å². The van der Waals surface area contributed by atoms with Crippen molar-refractivity contribution < 1.29 is 8.78 Å². The molecule has 106 valence electrons. The van der Waals surface area contributed by atoms with E-state index in [1.807, 2.05) is 12.1 Å². The monoisotopic (exact) mass is 333 g/mol. The summed E-state index contributed by atoms with van der Waals surface area (Å²) in [6.07, 6.45) is 1.04. The van der Waals surface area contributed by atoms with Crippen molar-refractivity contribution in [2.45, 2.75) is 37.6 Å². The van der Waals surface area contributed by atoms with Crippen molar-refractivity contribution in [3.05, 3.63) is 28.2 Å². The van der Waals surface area contributed by atoms with Crippen LogP contribution >= 0.6 is 15.9 Å². The van der Waals surface area contributed by atoms with Gasteiger partial charge in [0.15, 0.2) is 0 Å². The van der Waals surface area contributed by atoms with E-state index in [2.05, 4.69) is 21.4 Å². The highest BCUT2D eigenvalue weighted by atomic mass is 79.9. The molecule has 1 fully saturated rings. The summed E-state index contributed by atoms with van der Waals surface area (Å²) in [5.41, 5.74) is 10.1. The average molecular weight is 334 g/mol. The third kappa shape index (κ3) is 3.64.